The molecule has 0 aliphatic heterocycles. The molecule has 0 amide bonds. The van der Waals surface area contributed by atoms with Crippen molar-refractivity contribution in [3.8, 4) is 0 Å². The lowest BCUT2D eigenvalue weighted by Gasteiger charge is -2.57. The lowest BCUT2D eigenvalue weighted by atomic mass is 9.47. The van der Waals surface area contributed by atoms with E-state index >= 15 is 0 Å². The molecular formula is C22H34O2. The van der Waals surface area contributed by atoms with Crippen molar-refractivity contribution in [3.05, 3.63) is 11.6 Å². The Hall–Kier alpha value is -0.630. The molecule has 3 saturated carbocycles. The maximum atomic E-state index is 12.4. The molecule has 24 heavy (non-hydrogen) atoms. The van der Waals surface area contributed by atoms with Crippen LogP contribution >= 0.6 is 0 Å². The van der Waals surface area contributed by atoms with Gasteiger partial charge in [-0.3, -0.25) is 4.79 Å². The fourth-order valence-corrected chi connectivity index (χ4v) is 7.87. The van der Waals surface area contributed by atoms with Gasteiger partial charge in [0.15, 0.2) is 0 Å². The van der Waals surface area contributed by atoms with Gasteiger partial charge >= 0.3 is 0 Å². The van der Waals surface area contributed by atoms with E-state index < -0.39 is 0 Å². The largest absolute Gasteiger partial charge is 0.393 e. The number of hydrogen-bond donors (Lipinski definition) is 1. The van der Waals surface area contributed by atoms with Crippen molar-refractivity contribution in [2.75, 3.05) is 0 Å². The van der Waals surface area contributed by atoms with Crippen molar-refractivity contribution in [1.82, 2.24) is 0 Å². The molecule has 4 rings (SSSR count). The lowest BCUT2D eigenvalue weighted by Crippen LogP contribution is -2.51. The first kappa shape index (κ1) is 16.8. The van der Waals surface area contributed by atoms with E-state index in [1.165, 1.54) is 25.7 Å². The Kier molecular flexibility index (Phi) is 3.81. The second-order valence-corrected chi connectivity index (χ2v) is 10.0. The minimum absolute atomic E-state index is 0.122. The molecule has 134 valence electrons. The van der Waals surface area contributed by atoms with Crippen LogP contribution in [0, 0.1) is 40.4 Å². The zero-order valence-corrected chi connectivity index (χ0v) is 15.8. The SMILES string of the molecule is CC(=O)C1[C@H](C)C[C@H]2[C@@H]3CC=C4C[C@@H](O)CC[C@]4(C)[C@H]3CC[C@]12C. The number of hydrogen-bond acceptors (Lipinski definition) is 2. The quantitative estimate of drug-likeness (QED) is 0.704. The average molecular weight is 331 g/mol. The molecule has 0 bridgehead atoms. The summed E-state index contributed by atoms with van der Waals surface area (Å²) in [5.74, 6) is 3.46. The van der Waals surface area contributed by atoms with Gasteiger partial charge in [0, 0.05) is 5.92 Å². The Morgan fingerprint density at radius 2 is 1.96 bits per heavy atom. The first-order valence-corrected chi connectivity index (χ1v) is 10.2. The van der Waals surface area contributed by atoms with Crippen molar-refractivity contribution in [2.24, 2.45) is 40.4 Å². The molecule has 8 atom stereocenters. The van der Waals surface area contributed by atoms with Gasteiger partial charge in [-0.1, -0.05) is 32.4 Å². The predicted molar refractivity (Wildman–Crippen MR) is 96.4 cm³/mol. The molecular weight excluding hydrogens is 296 g/mol. The summed E-state index contributed by atoms with van der Waals surface area (Å²) in [6.07, 6.45) is 10.3. The van der Waals surface area contributed by atoms with Crippen LogP contribution in [0.3, 0.4) is 0 Å². The van der Waals surface area contributed by atoms with Gasteiger partial charge in [0.05, 0.1) is 6.10 Å². The summed E-state index contributed by atoms with van der Waals surface area (Å²) in [7, 11) is 0. The molecule has 1 N–H and O–H groups in total. The Morgan fingerprint density at radius 1 is 1.21 bits per heavy atom. The Bertz CT molecular complexity index is 579. The smallest absolute Gasteiger partial charge is 0.133 e. The maximum Gasteiger partial charge on any atom is 0.133 e. The van der Waals surface area contributed by atoms with Gasteiger partial charge in [-0.25, -0.2) is 0 Å². The van der Waals surface area contributed by atoms with Gasteiger partial charge in [0.1, 0.15) is 5.78 Å². The van der Waals surface area contributed by atoms with Crippen LogP contribution in [0.4, 0.5) is 0 Å². The molecule has 1 unspecified atom stereocenters. The molecule has 0 aromatic heterocycles. The van der Waals surface area contributed by atoms with E-state index in [-0.39, 0.29) is 17.4 Å². The van der Waals surface area contributed by atoms with Crippen LogP contribution in [-0.4, -0.2) is 17.0 Å². The van der Waals surface area contributed by atoms with Gasteiger partial charge in [0.2, 0.25) is 0 Å². The third-order valence-corrected chi connectivity index (χ3v) is 8.86. The van der Waals surface area contributed by atoms with E-state index in [0.717, 1.165) is 31.1 Å². The third kappa shape index (κ3) is 2.14. The van der Waals surface area contributed by atoms with Crippen LogP contribution in [0.5, 0.6) is 0 Å². The van der Waals surface area contributed by atoms with Crippen LogP contribution in [0.1, 0.15) is 72.6 Å². The molecule has 0 saturated heterocycles. The van der Waals surface area contributed by atoms with E-state index in [9.17, 15) is 9.90 Å². The summed E-state index contributed by atoms with van der Waals surface area (Å²) >= 11 is 0. The molecule has 0 aromatic carbocycles. The molecule has 4 aliphatic rings. The average Bonchev–Trinajstić information content (AvgIpc) is 2.78. The first-order valence-electron chi connectivity index (χ1n) is 10.2. The zero-order chi connectivity index (χ0) is 17.3. The number of ketones is 1. The van der Waals surface area contributed by atoms with Crippen molar-refractivity contribution in [2.45, 2.75) is 78.7 Å². The fraction of sp³-hybridized carbons (Fsp3) is 0.864. The molecule has 4 aliphatic carbocycles. The molecule has 0 aromatic rings. The number of aliphatic hydroxyl groups excluding tert-OH is 1. The second kappa shape index (κ2) is 5.43. The highest BCUT2D eigenvalue weighted by Gasteiger charge is 2.61. The number of fused-ring (bicyclic) bond motifs is 5. The summed E-state index contributed by atoms with van der Waals surface area (Å²) in [6.45, 7) is 9.04. The minimum Gasteiger partial charge on any atom is -0.393 e. The van der Waals surface area contributed by atoms with Crippen molar-refractivity contribution in [3.63, 3.8) is 0 Å². The molecule has 0 radical (unpaired) electrons. The van der Waals surface area contributed by atoms with Crippen LogP contribution in [0.15, 0.2) is 11.6 Å². The molecule has 0 heterocycles. The third-order valence-electron chi connectivity index (χ3n) is 8.86. The molecule has 3 fully saturated rings. The van der Waals surface area contributed by atoms with Crippen LogP contribution in [0.2, 0.25) is 0 Å². The standard InChI is InChI=1S/C22H34O2/c1-13-11-19-17-6-5-15-12-16(24)7-9-21(15,3)18(17)8-10-22(19,4)20(13)14(2)23/h5,13,16-20,24H,6-12H2,1-4H3/t13-,16+,17-,18+,19+,20?,21+,22+/m1/s1. The van der Waals surface area contributed by atoms with E-state index in [0.29, 0.717) is 23.0 Å². The number of Topliss-reactive ketones (excluding diaryl/α,β-unsaturated/α-hetero) is 1. The number of carbonyl (C=O) groups is 1. The van der Waals surface area contributed by atoms with Gasteiger partial charge in [-0.2, -0.15) is 0 Å². The molecule has 0 spiro atoms. The summed E-state index contributed by atoms with van der Waals surface area (Å²) in [5.41, 5.74) is 2.07. The van der Waals surface area contributed by atoms with E-state index in [1.807, 2.05) is 6.92 Å². The van der Waals surface area contributed by atoms with Gasteiger partial charge < -0.3 is 5.11 Å². The van der Waals surface area contributed by atoms with Gasteiger partial charge in [-0.15, -0.1) is 0 Å². The fourth-order valence-electron chi connectivity index (χ4n) is 7.87. The minimum atomic E-state index is -0.122. The predicted octanol–water partition coefficient (Wildman–Crippen LogP) is 4.76. The lowest BCUT2D eigenvalue weighted by molar-refractivity contribution is -0.128. The number of aliphatic hydroxyl groups is 1. The Balaban J connectivity index is 1.68. The summed E-state index contributed by atoms with van der Waals surface area (Å²) in [5, 5.41) is 10.1. The van der Waals surface area contributed by atoms with Gasteiger partial charge in [-0.05, 0) is 86.4 Å². The monoisotopic (exact) mass is 330 g/mol. The highest BCUT2D eigenvalue weighted by molar-refractivity contribution is 5.80. The molecule has 2 heteroatoms. The van der Waals surface area contributed by atoms with Crippen molar-refractivity contribution in [1.29, 1.82) is 0 Å². The Labute approximate surface area is 147 Å². The van der Waals surface area contributed by atoms with Crippen molar-refractivity contribution < 1.29 is 9.90 Å². The van der Waals surface area contributed by atoms with Gasteiger partial charge in [0.25, 0.3) is 0 Å². The Morgan fingerprint density at radius 3 is 2.67 bits per heavy atom. The maximum absolute atomic E-state index is 12.4. The summed E-state index contributed by atoms with van der Waals surface area (Å²) in [4.78, 5) is 12.4. The van der Waals surface area contributed by atoms with E-state index in [4.69, 9.17) is 0 Å². The topological polar surface area (TPSA) is 37.3 Å². The van der Waals surface area contributed by atoms with Crippen molar-refractivity contribution >= 4 is 5.78 Å². The summed E-state index contributed by atoms with van der Waals surface area (Å²) in [6, 6.07) is 0. The van der Waals surface area contributed by atoms with Crippen LogP contribution in [0.25, 0.3) is 0 Å². The number of carbonyl (C=O) groups excluding carboxylic acids is 1. The highest BCUT2D eigenvalue weighted by atomic mass is 16.3. The number of rotatable bonds is 1. The van der Waals surface area contributed by atoms with E-state index in [2.05, 4.69) is 26.8 Å². The second-order valence-electron chi connectivity index (χ2n) is 10.0. The summed E-state index contributed by atoms with van der Waals surface area (Å²) < 4.78 is 0. The van der Waals surface area contributed by atoms with Crippen LogP contribution in [-0.2, 0) is 4.79 Å². The first-order chi connectivity index (χ1) is 11.3. The van der Waals surface area contributed by atoms with E-state index in [1.54, 1.807) is 5.57 Å². The number of allylic oxidation sites excluding steroid dienone is 1. The highest BCUT2D eigenvalue weighted by Crippen LogP contribution is 2.67. The van der Waals surface area contributed by atoms with Crippen LogP contribution < -0.4 is 0 Å². The molecule has 2 nitrogen and oxygen atoms in total. The zero-order valence-electron chi connectivity index (χ0n) is 15.8. The normalized spacial score (nSPS) is 53.6.